The fourth-order valence-electron chi connectivity index (χ4n) is 3.08. The number of aliphatic hydroxyl groups excluding tert-OH is 1. The van der Waals surface area contributed by atoms with Gasteiger partial charge in [-0.1, -0.05) is 42.5 Å². The van der Waals surface area contributed by atoms with Crippen molar-refractivity contribution in [2.75, 3.05) is 39.6 Å². The van der Waals surface area contributed by atoms with E-state index in [0.717, 1.165) is 0 Å². The molecule has 0 bridgehead atoms. The maximum absolute atomic E-state index is 11.3. The van der Waals surface area contributed by atoms with Gasteiger partial charge < -0.3 is 33.9 Å². The summed E-state index contributed by atoms with van der Waals surface area (Å²) in [6.45, 7) is 1.45. The number of carboxylic acids is 1. The zero-order valence-electron chi connectivity index (χ0n) is 18.7. The van der Waals surface area contributed by atoms with Crippen molar-refractivity contribution in [2.45, 2.75) is 6.61 Å². The third-order valence-electron chi connectivity index (χ3n) is 4.64. The Kier molecular flexibility index (Phi) is 10.0. The van der Waals surface area contributed by atoms with Gasteiger partial charge in [0.25, 0.3) is 0 Å². The van der Waals surface area contributed by atoms with Crippen LogP contribution in [-0.4, -0.2) is 55.8 Å². The summed E-state index contributed by atoms with van der Waals surface area (Å²) in [6, 6.07) is 21.3. The van der Waals surface area contributed by atoms with E-state index in [1.165, 1.54) is 0 Å². The van der Waals surface area contributed by atoms with Gasteiger partial charge in [0, 0.05) is 0 Å². The molecular formula is C26H28O8. The largest absolute Gasteiger partial charge is 0.487 e. The number of hydrogen-bond donors (Lipinski definition) is 2. The molecule has 0 heterocycles. The molecule has 0 aromatic heterocycles. The van der Waals surface area contributed by atoms with Crippen molar-refractivity contribution in [3.8, 4) is 23.0 Å². The minimum absolute atomic E-state index is 0.0745. The highest BCUT2D eigenvalue weighted by atomic mass is 16.6. The van der Waals surface area contributed by atoms with E-state index in [-0.39, 0.29) is 45.2 Å². The van der Waals surface area contributed by atoms with Crippen LogP contribution >= 0.6 is 0 Å². The third-order valence-corrected chi connectivity index (χ3v) is 4.64. The summed E-state index contributed by atoms with van der Waals surface area (Å²) in [7, 11) is 0. The number of aliphatic hydroxyl groups is 1. The molecule has 0 unspecified atom stereocenters. The van der Waals surface area contributed by atoms with Crippen molar-refractivity contribution in [3.05, 3.63) is 83.9 Å². The van der Waals surface area contributed by atoms with E-state index in [2.05, 4.69) is 0 Å². The smallest absolute Gasteiger partial charge is 0.336 e. The van der Waals surface area contributed by atoms with E-state index in [9.17, 15) is 9.90 Å². The lowest BCUT2D eigenvalue weighted by atomic mass is 10.1. The summed E-state index contributed by atoms with van der Waals surface area (Å²) in [5.74, 6) is 1.31. The van der Waals surface area contributed by atoms with Crippen LogP contribution in [0.25, 0.3) is 0 Å². The van der Waals surface area contributed by atoms with Crippen molar-refractivity contribution in [2.24, 2.45) is 0 Å². The molecule has 0 saturated heterocycles. The highest BCUT2D eigenvalue weighted by Gasteiger charge is 2.09. The molecule has 0 fully saturated rings. The Morgan fingerprint density at radius 1 is 0.618 bits per heavy atom. The van der Waals surface area contributed by atoms with Crippen LogP contribution in [0.3, 0.4) is 0 Å². The first-order valence-corrected chi connectivity index (χ1v) is 10.9. The Bertz CT molecular complexity index is 1040. The van der Waals surface area contributed by atoms with Gasteiger partial charge in [-0.05, 0) is 35.9 Å². The first-order valence-electron chi connectivity index (χ1n) is 10.9. The molecule has 0 atom stereocenters. The number of benzene rings is 3. The van der Waals surface area contributed by atoms with E-state index >= 15 is 0 Å². The van der Waals surface area contributed by atoms with Crippen LogP contribution in [0.1, 0.15) is 15.9 Å². The van der Waals surface area contributed by atoms with E-state index < -0.39 is 5.97 Å². The average Bonchev–Trinajstić information content (AvgIpc) is 2.86. The molecular weight excluding hydrogens is 440 g/mol. The molecule has 3 aromatic rings. The maximum Gasteiger partial charge on any atom is 0.336 e. The lowest BCUT2D eigenvalue weighted by molar-refractivity contribution is 0.0677. The Balaban J connectivity index is 1.42. The molecule has 0 aliphatic carbocycles. The molecule has 3 rings (SSSR count). The van der Waals surface area contributed by atoms with Gasteiger partial charge in [0.05, 0.1) is 25.4 Å². The number of carbonyl (C=O) groups is 1. The fraction of sp³-hybridized carbons (Fsp3) is 0.269. The fourth-order valence-corrected chi connectivity index (χ4v) is 3.08. The summed E-state index contributed by atoms with van der Waals surface area (Å²) < 4.78 is 28.4. The summed E-state index contributed by atoms with van der Waals surface area (Å²) >= 11 is 0. The molecule has 180 valence electrons. The highest BCUT2D eigenvalue weighted by Crippen LogP contribution is 2.28. The van der Waals surface area contributed by atoms with E-state index in [0.29, 0.717) is 35.2 Å². The van der Waals surface area contributed by atoms with Crippen LogP contribution < -0.4 is 18.9 Å². The molecule has 0 spiro atoms. The van der Waals surface area contributed by atoms with Crippen LogP contribution in [0.2, 0.25) is 0 Å². The van der Waals surface area contributed by atoms with Gasteiger partial charge in [-0.25, -0.2) is 4.79 Å². The van der Waals surface area contributed by atoms with Crippen molar-refractivity contribution in [1.29, 1.82) is 0 Å². The second kappa shape index (κ2) is 13.7. The monoisotopic (exact) mass is 468 g/mol. The lowest BCUT2D eigenvalue weighted by Crippen LogP contribution is -2.12. The van der Waals surface area contributed by atoms with Crippen molar-refractivity contribution < 1.29 is 38.7 Å². The number of hydrogen-bond acceptors (Lipinski definition) is 7. The molecule has 2 N–H and O–H groups in total. The summed E-state index contributed by atoms with van der Waals surface area (Å²) in [5, 5.41) is 18.2. The number of carboxylic acid groups (broad SMARTS) is 1. The Morgan fingerprint density at radius 2 is 1.06 bits per heavy atom. The molecule has 0 aliphatic rings. The number of rotatable bonds is 15. The molecule has 8 heteroatoms. The molecule has 0 radical (unpaired) electrons. The SMILES string of the molecule is O=C(O)c1ccccc1COCCOc1ccccc1OCCOc1ccccc1OCCO. The summed E-state index contributed by atoms with van der Waals surface area (Å²) in [4.78, 5) is 11.3. The minimum Gasteiger partial charge on any atom is -0.487 e. The Hall–Kier alpha value is -3.75. The lowest BCUT2D eigenvalue weighted by Gasteiger charge is -2.14. The van der Waals surface area contributed by atoms with Crippen LogP contribution in [0.4, 0.5) is 0 Å². The zero-order valence-corrected chi connectivity index (χ0v) is 18.7. The van der Waals surface area contributed by atoms with Crippen LogP contribution in [0.5, 0.6) is 23.0 Å². The topological polar surface area (TPSA) is 104 Å². The quantitative estimate of drug-likeness (QED) is 0.325. The Morgan fingerprint density at radius 3 is 1.56 bits per heavy atom. The van der Waals surface area contributed by atoms with E-state index in [1.807, 2.05) is 24.3 Å². The molecule has 0 amide bonds. The Labute approximate surface area is 198 Å². The van der Waals surface area contributed by atoms with Crippen LogP contribution in [-0.2, 0) is 11.3 Å². The molecule has 8 nitrogen and oxygen atoms in total. The van der Waals surface area contributed by atoms with Gasteiger partial charge in [-0.15, -0.1) is 0 Å². The van der Waals surface area contributed by atoms with Crippen LogP contribution in [0, 0.1) is 0 Å². The van der Waals surface area contributed by atoms with Gasteiger partial charge in [-0.3, -0.25) is 0 Å². The normalized spacial score (nSPS) is 10.5. The zero-order chi connectivity index (χ0) is 24.0. The third kappa shape index (κ3) is 7.68. The predicted molar refractivity (Wildman–Crippen MR) is 125 cm³/mol. The standard InChI is InChI=1S/C26H28O8/c27-13-14-31-22-9-3-4-10-23(22)33-17-18-34-25-12-6-5-11-24(25)32-16-15-30-19-20-7-1-2-8-21(20)26(28)29/h1-12,27H,13-19H2,(H,28,29). The van der Waals surface area contributed by atoms with E-state index in [4.69, 9.17) is 28.8 Å². The van der Waals surface area contributed by atoms with Crippen LogP contribution in [0.15, 0.2) is 72.8 Å². The molecule has 0 aliphatic heterocycles. The molecule has 0 saturated carbocycles. The van der Waals surface area contributed by atoms with Gasteiger partial charge >= 0.3 is 5.97 Å². The highest BCUT2D eigenvalue weighted by molar-refractivity contribution is 5.89. The second-order valence-electron chi connectivity index (χ2n) is 7.03. The second-order valence-corrected chi connectivity index (χ2v) is 7.03. The number of para-hydroxylation sites is 4. The molecule has 3 aromatic carbocycles. The summed E-state index contributed by atoms with van der Waals surface area (Å²) in [5.41, 5.74) is 0.842. The first-order chi connectivity index (χ1) is 16.7. The van der Waals surface area contributed by atoms with Crippen molar-refractivity contribution in [3.63, 3.8) is 0 Å². The molecule has 34 heavy (non-hydrogen) atoms. The van der Waals surface area contributed by atoms with Gasteiger partial charge in [0.15, 0.2) is 23.0 Å². The van der Waals surface area contributed by atoms with Gasteiger partial charge in [-0.2, -0.15) is 0 Å². The van der Waals surface area contributed by atoms with Crippen molar-refractivity contribution >= 4 is 5.97 Å². The maximum atomic E-state index is 11.3. The predicted octanol–water partition coefficient (Wildman–Crippen LogP) is 3.81. The van der Waals surface area contributed by atoms with E-state index in [1.54, 1.807) is 48.5 Å². The average molecular weight is 469 g/mol. The summed E-state index contributed by atoms with van der Waals surface area (Å²) in [6.07, 6.45) is 0. The minimum atomic E-state index is -0.980. The first kappa shape index (κ1) is 24.9. The van der Waals surface area contributed by atoms with Gasteiger partial charge in [0.1, 0.15) is 26.4 Å². The number of ether oxygens (including phenoxy) is 5. The van der Waals surface area contributed by atoms with Gasteiger partial charge in [0.2, 0.25) is 0 Å². The number of aromatic carboxylic acids is 1. The van der Waals surface area contributed by atoms with Crippen molar-refractivity contribution in [1.82, 2.24) is 0 Å².